The number of nitrogens with one attached hydrogen (secondary N) is 1. The summed E-state index contributed by atoms with van der Waals surface area (Å²) < 4.78 is 5.57. The van der Waals surface area contributed by atoms with Gasteiger partial charge in [0.25, 0.3) is 0 Å². The number of hydrogen-bond donors (Lipinski definition) is 1. The lowest BCUT2D eigenvalue weighted by molar-refractivity contribution is -0.00192. The van der Waals surface area contributed by atoms with E-state index in [0.29, 0.717) is 0 Å². The van der Waals surface area contributed by atoms with Crippen LogP contribution in [0.5, 0.6) is 0 Å². The minimum absolute atomic E-state index is 0.126. The van der Waals surface area contributed by atoms with Crippen LogP contribution in [0.2, 0.25) is 0 Å². The molecular formula is C12H25NO. The molecule has 0 spiro atoms. The van der Waals surface area contributed by atoms with E-state index in [4.69, 9.17) is 4.74 Å². The summed E-state index contributed by atoms with van der Waals surface area (Å²) in [6.45, 7) is 15.7. The molecule has 2 atom stereocenters. The monoisotopic (exact) mass is 199 g/mol. The average molecular weight is 199 g/mol. The van der Waals surface area contributed by atoms with Gasteiger partial charge < -0.3 is 10.1 Å². The first-order chi connectivity index (χ1) is 6.34. The van der Waals surface area contributed by atoms with E-state index in [-0.39, 0.29) is 17.6 Å². The molecule has 84 valence electrons. The van der Waals surface area contributed by atoms with E-state index >= 15 is 0 Å². The smallest absolute Gasteiger partial charge is 0.0810 e. The van der Waals surface area contributed by atoms with Crippen LogP contribution in [0.3, 0.4) is 0 Å². The van der Waals surface area contributed by atoms with Crippen molar-refractivity contribution in [3.05, 3.63) is 12.2 Å². The third-order valence-electron chi connectivity index (χ3n) is 2.37. The molecule has 0 heterocycles. The zero-order chi connectivity index (χ0) is 11.4. The lowest BCUT2D eigenvalue weighted by Crippen LogP contribution is -2.48. The van der Waals surface area contributed by atoms with Crippen molar-refractivity contribution in [1.29, 1.82) is 0 Å². The third-order valence-corrected chi connectivity index (χ3v) is 2.37. The molecule has 0 aromatic heterocycles. The maximum Gasteiger partial charge on any atom is 0.0810 e. The first-order valence-corrected chi connectivity index (χ1v) is 5.26. The lowest BCUT2D eigenvalue weighted by Gasteiger charge is -2.36. The van der Waals surface area contributed by atoms with Crippen LogP contribution in [0.1, 0.15) is 34.6 Å². The van der Waals surface area contributed by atoms with Gasteiger partial charge in [-0.2, -0.15) is 0 Å². The highest BCUT2D eigenvalue weighted by Crippen LogP contribution is 2.26. The van der Waals surface area contributed by atoms with Crippen LogP contribution in [0.4, 0.5) is 0 Å². The summed E-state index contributed by atoms with van der Waals surface area (Å²) in [7, 11) is 1.77. The van der Waals surface area contributed by atoms with Gasteiger partial charge in [-0.05, 0) is 18.9 Å². The number of likely N-dealkylation sites (N-methyl/N-ethyl adjacent to an activating group) is 1. The fourth-order valence-corrected chi connectivity index (χ4v) is 1.75. The molecule has 0 aliphatic heterocycles. The highest BCUT2D eigenvalue weighted by Gasteiger charge is 2.32. The average Bonchev–Trinajstić information content (AvgIpc) is 2.01. The van der Waals surface area contributed by atoms with Crippen molar-refractivity contribution in [3.8, 4) is 0 Å². The Kier molecular flexibility index (Phi) is 5.38. The number of methoxy groups -OCH3 is 1. The summed E-state index contributed by atoms with van der Waals surface area (Å²) in [5.74, 6) is 0. The van der Waals surface area contributed by atoms with Crippen LogP contribution in [0, 0.1) is 5.41 Å². The molecule has 0 aromatic rings. The SMILES string of the molecule is C=C(C)C(NCC)C(OC)C(C)(C)C. The molecule has 0 aliphatic rings. The van der Waals surface area contributed by atoms with Crippen molar-refractivity contribution in [2.45, 2.75) is 46.8 Å². The van der Waals surface area contributed by atoms with Crippen LogP contribution in [-0.2, 0) is 4.74 Å². The third kappa shape index (κ3) is 3.81. The van der Waals surface area contributed by atoms with E-state index in [2.05, 4.69) is 39.6 Å². The molecule has 0 amide bonds. The summed E-state index contributed by atoms with van der Waals surface area (Å²) in [6, 6.07) is 0.241. The maximum absolute atomic E-state index is 5.57. The fourth-order valence-electron chi connectivity index (χ4n) is 1.75. The van der Waals surface area contributed by atoms with Gasteiger partial charge in [0.2, 0.25) is 0 Å². The second kappa shape index (κ2) is 5.52. The Morgan fingerprint density at radius 3 is 2.14 bits per heavy atom. The van der Waals surface area contributed by atoms with Gasteiger partial charge in [-0.1, -0.05) is 39.8 Å². The van der Waals surface area contributed by atoms with E-state index in [9.17, 15) is 0 Å². The van der Waals surface area contributed by atoms with Gasteiger partial charge in [-0.25, -0.2) is 0 Å². The van der Waals surface area contributed by atoms with Gasteiger partial charge in [0.05, 0.1) is 12.1 Å². The van der Waals surface area contributed by atoms with Crippen LogP contribution in [0.15, 0.2) is 12.2 Å². The van der Waals surface area contributed by atoms with E-state index < -0.39 is 0 Å². The number of ether oxygens (including phenoxy) is 1. The largest absolute Gasteiger partial charge is 0.379 e. The normalized spacial score (nSPS) is 16.4. The summed E-state index contributed by atoms with van der Waals surface area (Å²) in [6.07, 6.45) is 0.167. The second-order valence-electron chi connectivity index (χ2n) is 4.90. The molecule has 2 heteroatoms. The summed E-state index contributed by atoms with van der Waals surface area (Å²) >= 11 is 0. The molecule has 0 radical (unpaired) electrons. The van der Waals surface area contributed by atoms with Gasteiger partial charge in [0.15, 0.2) is 0 Å². The highest BCUT2D eigenvalue weighted by atomic mass is 16.5. The molecule has 1 N–H and O–H groups in total. The Balaban J connectivity index is 4.67. The number of hydrogen-bond acceptors (Lipinski definition) is 2. The van der Waals surface area contributed by atoms with Gasteiger partial charge in [0, 0.05) is 7.11 Å². The molecule has 0 fully saturated rings. The topological polar surface area (TPSA) is 21.3 Å². The van der Waals surface area contributed by atoms with E-state index in [0.717, 1.165) is 12.1 Å². The van der Waals surface area contributed by atoms with Gasteiger partial charge in [0.1, 0.15) is 0 Å². The van der Waals surface area contributed by atoms with Crippen LogP contribution in [-0.4, -0.2) is 25.8 Å². The standard InChI is InChI=1S/C12H25NO/c1-8-13-10(9(2)3)11(14-7)12(4,5)6/h10-11,13H,2,8H2,1,3-7H3. The molecule has 0 aromatic carbocycles. The van der Waals surface area contributed by atoms with E-state index in [1.54, 1.807) is 7.11 Å². The zero-order valence-electron chi connectivity index (χ0n) is 10.5. The molecule has 2 unspecified atom stereocenters. The summed E-state index contributed by atoms with van der Waals surface area (Å²) in [5.41, 5.74) is 1.26. The molecule has 0 aliphatic carbocycles. The Hall–Kier alpha value is -0.340. The maximum atomic E-state index is 5.57. The van der Waals surface area contributed by atoms with Crippen molar-refractivity contribution in [3.63, 3.8) is 0 Å². The fraction of sp³-hybridized carbons (Fsp3) is 0.833. The van der Waals surface area contributed by atoms with Crippen LogP contribution in [0.25, 0.3) is 0 Å². The predicted octanol–water partition coefficient (Wildman–Crippen LogP) is 2.60. The Morgan fingerprint density at radius 1 is 1.43 bits per heavy atom. The van der Waals surface area contributed by atoms with Crippen molar-refractivity contribution >= 4 is 0 Å². The van der Waals surface area contributed by atoms with Gasteiger partial charge >= 0.3 is 0 Å². The first kappa shape index (κ1) is 13.7. The van der Waals surface area contributed by atoms with Crippen LogP contribution < -0.4 is 5.32 Å². The quantitative estimate of drug-likeness (QED) is 0.687. The number of rotatable bonds is 5. The van der Waals surface area contributed by atoms with Crippen LogP contribution >= 0.6 is 0 Å². The Morgan fingerprint density at radius 2 is 1.93 bits per heavy atom. The van der Waals surface area contributed by atoms with Crippen molar-refractivity contribution in [2.24, 2.45) is 5.41 Å². The minimum Gasteiger partial charge on any atom is -0.379 e. The molecule has 0 bridgehead atoms. The van der Waals surface area contributed by atoms with E-state index in [1.807, 2.05) is 6.92 Å². The molecule has 0 saturated carbocycles. The van der Waals surface area contributed by atoms with Gasteiger partial charge in [-0.3, -0.25) is 0 Å². The van der Waals surface area contributed by atoms with Crippen molar-refractivity contribution in [1.82, 2.24) is 5.32 Å². The molecule has 0 rings (SSSR count). The Labute approximate surface area is 88.7 Å². The van der Waals surface area contributed by atoms with Crippen molar-refractivity contribution < 1.29 is 4.74 Å². The molecule has 14 heavy (non-hydrogen) atoms. The minimum atomic E-state index is 0.126. The highest BCUT2D eigenvalue weighted by molar-refractivity contribution is 5.07. The van der Waals surface area contributed by atoms with Gasteiger partial charge in [-0.15, -0.1) is 0 Å². The lowest BCUT2D eigenvalue weighted by atomic mass is 9.82. The molecule has 2 nitrogen and oxygen atoms in total. The Bertz CT molecular complexity index is 181. The summed E-state index contributed by atoms with van der Waals surface area (Å²) in [5, 5.41) is 3.42. The zero-order valence-corrected chi connectivity index (χ0v) is 10.5. The molecular weight excluding hydrogens is 174 g/mol. The van der Waals surface area contributed by atoms with E-state index in [1.165, 1.54) is 0 Å². The predicted molar refractivity (Wildman–Crippen MR) is 62.5 cm³/mol. The summed E-state index contributed by atoms with van der Waals surface area (Å²) in [4.78, 5) is 0. The van der Waals surface area contributed by atoms with Crippen molar-refractivity contribution in [2.75, 3.05) is 13.7 Å². The molecule has 0 saturated heterocycles. The first-order valence-electron chi connectivity index (χ1n) is 5.26. The second-order valence-corrected chi connectivity index (χ2v) is 4.90.